The zero-order chi connectivity index (χ0) is 19.4. The first kappa shape index (κ1) is 19.1. The van der Waals surface area contributed by atoms with Crippen LogP contribution in [0.2, 0.25) is 0 Å². The molecule has 142 valence electrons. The van der Waals surface area contributed by atoms with Crippen molar-refractivity contribution in [3.63, 3.8) is 0 Å². The number of nitrogens with zero attached hydrogens (tertiary/aromatic N) is 4. The molecule has 0 atom stereocenters. The van der Waals surface area contributed by atoms with Gasteiger partial charge in [0.25, 0.3) is 0 Å². The molecule has 1 aromatic heterocycles. The Morgan fingerprint density at radius 2 is 1.93 bits per heavy atom. The topological polar surface area (TPSA) is 64.8 Å². The molecule has 0 unspecified atom stereocenters. The van der Waals surface area contributed by atoms with Gasteiger partial charge < -0.3 is 5.32 Å². The van der Waals surface area contributed by atoms with Crippen LogP contribution in [0.1, 0.15) is 35.2 Å². The summed E-state index contributed by atoms with van der Waals surface area (Å²) in [6.07, 6.45) is -2.60. The van der Waals surface area contributed by atoms with Crippen LogP contribution in [0, 0.1) is 18.3 Å². The lowest BCUT2D eigenvalue weighted by molar-refractivity contribution is -0.138. The number of rotatable bonds is 4. The van der Waals surface area contributed by atoms with Crippen LogP contribution in [-0.2, 0) is 12.7 Å². The normalized spacial score (nSPS) is 16.1. The van der Waals surface area contributed by atoms with Crippen molar-refractivity contribution in [2.45, 2.75) is 38.5 Å². The molecule has 0 radical (unpaired) electrons. The minimum absolute atomic E-state index is 0.229. The Balaban J connectivity index is 1.54. The van der Waals surface area contributed by atoms with Crippen molar-refractivity contribution >= 4 is 5.82 Å². The molecule has 2 aromatic rings. The van der Waals surface area contributed by atoms with Gasteiger partial charge in [-0.05, 0) is 49.1 Å². The standard InChI is InChI=1S/C19H20F3N5/c1-13-2-3-14(10-17(13)19(20,21)22)12-27-8-6-15(7-9-27)24-18-5-4-16(11-23)25-26-18/h2-5,10,15H,6-9,12H2,1H3,(H,24,26). The molecular formula is C19H20F3N5. The Bertz CT molecular complexity index is 819. The lowest BCUT2D eigenvalue weighted by atomic mass is 10.0. The molecule has 1 aromatic carbocycles. The van der Waals surface area contributed by atoms with E-state index >= 15 is 0 Å². The van der Waals surface area contributed by atoms with E-state index in [-0.39, 0.29) is 17.3 Å². The first-order chi connectivity index (χ1) is 12.8. The van der Waals surface area contributed by atoms with Gasteiger partial charge in [-0.25, -0.2) is 0 Å². The van der Waals surface area contributed by atoms with Gasteiger partial charge in [0.2, 0.25) is 0 Å². The molecule has 1 aliphatic heterocycles. The molecule has 0 amide bonds. The van der Waals surface area contributed by atoms with Gasteiger partial charge in [-0.2, -0.15) is 18.4 Å². The van der Waals surface area contributed by atoms with Crippen molar-refractivity contribution in [2.24, 2.45) is 0 Å². The molecule has 1 saturated heterocycles. The molecule has 1 aliphatic rings. The number of alkyl halides is 3. The van der Waals surface area contributed by atoms with Crippen molar-refractivity contribution in [2.75, 3.05) is 18.4 Å². The fourth-order valence-corrected chi connectivity index (χ4v) is 3.24. The number of anilines is 1. The van der Waals surface area contributed by atoms with E-state index in [0.29, 0.717) is 17.9 Å². The highest BCUT2D eigenvalue weighted by Crippen LogP contribution is 2.32. The van der Waals surface area contributed by atoms with Crippen LogP contribution < -0.4 is 5.32 Å². The summed E-state index contributed by atoms with van der Waals surface area (Å²) in [5.41, 5.74) is 0.637. The maximum absolute atomic E-state index is 13.1. The number of hydrogen-bond donors (Lipinski definition) is 1. The lowest BCUT2D eigenvalue weighted by Crippen LogP contribution is -2.38. The van der Waals surface area contributed by atoms with Gasteiger partial charge >= 0.3 is 6.18 Å². The number of nitriles is 1. The Morgan fingerprint density at radius 1 is 1.19 bits per heavy atom. The van der Waals surface area contributed by atoms with Crippen LogP contribution in [0.3, 0.4) is 0 Å². The number of nitrogens with one attached hydrogen (secondary N) is 1. The summed E-state index contributed by atoms with van der Waals surface area (Å²) in [5, 5.41) is 19.8. The predicted octanol–water partition coefficient (Wildman–Crippen LogP) is 3.75. The highest BCUT2D eigenvalue weighted by atomic mass is 19.4. The number of hydrogen-bond acceptors (Lipinski definition) is 5. The Morgan fingerprint density at radius 3 is 2.52 bits per heavy atom. The number of halogens is 3. The minimum Gasteiger partial charge on any atom is -0.366 e. The third-order valence-electron chi connectivity index (χ3n) is 4.73. The summed E-state index contributed by atoms with van der Waals surface area (Å²) in [6.45, 7) is 3.57. The molecule has 1 N–H and O–H groups in total. The molecule has 0 bridgehead atoms. The summed E-state index contributed by atoms with van der Waals surface area (Å²) in [4.78, 5) is 2.16. The van der Waals surface area contributed by atoms with Crippen LogP contribution in [0.15, 0.2) is 30.3 Å². The zero-order valence-corrected chi connectivity index (χ0v) is 14.9. The molecule has 0 saturated carbocycles. The molecule has 1 fully saturated rings. The fourth-order valence-electron chi connectivity index (χ4n) is 3.24. The highest BCUT2D eigenvalue weighted by molar-refractivity contribution is 5.36. The van der Waals surface area contributed by atoms with E-state index in [0.717, 1.165) is 25.9 Å². The van der Waals surface area contributed by atoms with Gasteiger partial charge in [-0.1, -0.05) is 12.1 Å². The van der Waals surface area contributed by atoms with E-state index in [4.69, 9.17) is 5.26 Å². The van der Waals surface area contributed by atoms with Gasteiger partial charge in [-0.15, -0.1) is 10.2 Å². The molecule has 8 heteroatoms. The van der Waals surface area contributed by atoms with Crippen LogP contribution >= 0.6 is 0 Å². The average molecular weight is 375 g/mol. The van der Waals surface area contributed by atoms with E-state index in [1.54, 1.807) is 18.2 Å². The van der Waals surface area contributed by atoms with E-state index in [9.17, 15) is 13.2 Å². The summed E-state index contributed by atoms with van der Waals surface area (Å²) in [5.74, 6) is 0.626. The largest absolute Gasteiger partial charge is 0.416 e. The van der Waals surface area contributed by atoms with Crippen molar-refractivity contribution in [1.82, 2.24) is 15.1 Å². The summed E-state index contributed by atoms with van der Waals surface area (Å²) >= 11 is 0. The lowest BCUT2D eigenvalue weighted by Gasteiger charge is -2.32. The van der Waals surface area contributed by atoms with E-state index in [2.05, 4.69) is 20.4 Å². The van der Waals surface area contributed by atoms with Crippen LogP contribution in [0.5, 0.6) is 0 Å². The Labute approximate surface area is 155 Å². The number of aryl methyl sites for hydroxylation is 1. The maximum atomic E-state index is 13.1. The van der Waals surface area contributed by atoms with Crippen LogP contribution in [0.4, 0.5) is 19.0 Å². The summed E-state index contributed by atoms with van der Waals surface area (Å²) < 4.78 is 39.2. The molecule has 2 heterocycles. The van der Waals surface area contributed by atoms with Gasteiger partial charge in [0, 0.05) is 25.7 Å². The van der Waals surface area contributed by atoms with Gasteiger partial charge in [0.05, 0.1) is 5.56 Å². The van der Waals surface area contributed by atoms with Crippen molar-refractivity contribution in [3.8, 4) is 6.07 Å². The Hall–Kier alpha value is -2.66. The highest BCUT2D eigenvalue weighted by Gasteiger charge is 2.32. The molecule has 27 heavy (non-hydrogen) atoms. The van der Waals surface area contributed by atoms with Crippen molar-refractivity contribution in [3.05, 3.63) is 52.7 Å². The molecule has 3 rings (SSSR count). The first-order valence-corrected chi connectivity index (χ1v) is 8.74. The minimum atomic E-state index is -4.32. The second kappa shape index (κ2) is 7.92. The average Bonchev–Trinajstić information content (AvgIpc) is 2.64. The predicted molar refractivity (Wildman–Crippen MR) is 94.8 cm³/mol. The second-order valence-corrected chi connectivity index (χ2v) is 6.76. The molecular weight excluding hydrogens is 355 g/mol. The van der Waals surface area contributed by atoms with Gasteiger partial charge in [-0.3, -0.25) is 4.90 Å². The monoisotopic (exact) mass is 375 g/mol. The van der Waals surface area contributed by atoms with E-state index in [1.165, 1.54) is 19.1 Å². The molecule has 0 spiro atoms. The molecule has 5 nitrogen and oxygen atoms in total. The quantitative estimate of drug-likeness (QED) is 0.882. The number of piperidine rings is 1. The number of aromatic nitrogens is 2. The SMILES string of the molecule is Cc1ccc(CN2CCC(Nc3ccc(C#N)nn3)CC2)cc1C(F)(F)F. The second-order valence-electron chi connectivity index (χ2n) is 6.76. The van der Waals surface area contributed by atoms with Crippen LogP contribution in [0.25, 0.3) is 0 Å². The fraction of sp³-hybridized carbons (Fsp3) is 0.421. The zero-order valence-electron chi connectivity index (χ0n) is 14.9. The maximum Gasteiger partial charge on any atom is 0.416 e. The summed E-state index contributed by atoms with van der Waals surface area (Å²) in [7, 11) is 0. The number of benzene rings is 1. The van der Waals surface area contributed by atoms with Gasteiger partial charge in [0.15, 0.2) is 5.69 Å². The summed E-state index contributed by atoms with van der Waals surface area (Å²) in [6, 6.07) is 10.0. The van der Waals surface area contributed by atoms with Gasteiger partial charge in [0.1, 0.15) is 11.9 Å². The third-order valence-corrected chi connectivity index (χ3v) is 4.73. The van der Waals surface area contributed by atoms with E-state index < -0.39 is 11.7 Å². The third kappa shape index (κ3) is 4.95. The molecule has 0 aliphatic carbocycles. The smallest absolute Gasteiger partial charge is 0.366 e. The van der Waals surface area contributed by atoms with Crippen molar-refractivity contribution in [1.29, 1.82) is 5.26 Å². The van der Waals surface area contributed by atoms with Crippen molar-refractivity contribution < 1.29 is 13.2 Å². The first-order valence-electron chi connectivity index (χ1n) is 8.74. The van der Waals surface area contributed by atoms with Crippen LogP contribution in [-0.4, -0.2) is 34.2 Å². The Kier molecular flexibility index (Phi) is 5.61. The van der Waals surface area contributed by atoms with E-state index in [1.807, 2.05) is 6.07 Å². The number of likely N-dealkylation sites (tertiary alicyclic amines) is 1.